The fraction of sp³-hybridized carbons (Fsp3) is 0.444. The quantitative estimate of drug-likeness (QED) is 0.858. The molecule has 1 fully saturated rings. The highest BCUT2D eigenvalue weighted by atomic mass is 19.1. The van der Waals surface area contributed by atoms with Crippen LogP contribution in [0.25, 0.3) is 10.9 Å². The number of aryl methyl sites for hydroxylation is 2. The minimum Gasteiger partial charge on any atom is -0.350 e. The smallest absolute Gasteiger partial charge is 0.268 e. The van der Waals surface area contributed by atoms with Crippen molar-refractivity contribution >= 4 is 22.6 Å². The van der Waals surface area contributed by atoms with E-state index in [2.05, 4.69) is 10.3 Å². The molecule has 2 aromatic rings. The van der Waals surface area contributed by atoms with Crippen LogP contribution in [0.1, 0.15) is 54.2 Å². The van der Waals surface area contributed by atoms with E-state index in [-0.39, 0.29) is 23.5 Å². The zero-order chi connectivity index (χ0) is 16.6. The van der Waals surface area contributed by atoms with Crippen molar-refractivity contribution in [3.8, 4) is 0 Å². The molecule has 0 atom stereocenters. The molecule has 0 aliphatic heterocycles. The van der Waals surface area contributed by atoms with Crippen LogP contribution in [0.2, 0.25) is 0 Å². The second kappa shape index (κ2) is 6.14. The maximum atomic E-state index is 13.8. The molecule has 0 unspecified atom stereocenters. The lowest BCUT2D eigenvalue weighted by atomic mass is 10.0. The molecule has 4 nitrogen and oxygen atoms in total. The molecule has 1 aromatic carbocycles. The first-order valence-corrected chi connectivity index (χ1v) is 8.06. The van der Waals surface area contributed by atoms with E-state index in [4.69, 9.17) is 0 Å². The molecule has 0 radical (unpaired) electrons. The minimum absolute atomic E-state index is 0.135. The molecule has 0 bridgehead atoms. The lowest BCUT2D eigenvalue weighted by molar-refractivity contribution is -0.117. The second-order valence-corrected chi connectivity index (χ2v) is 6.43. The number of amides is 1. The summed E-state index contributed by atoms with van der Waals surface area (Å²) in [6.45, 7) is 3.28. The van der Waals surface area contributed by atoms with Gasteiger partial charge in [0.25, 0.3) is 5.91 Å². The first-order valence-electron chi connectivity index (χ1n) is 8.06. The van der Waals surface area contributed by atoms with Gasteiger partial charge in [-0.3, -0.25) is 4.79 Å². The lowest BCUT2D eigenvalue weighted by Crippen LogP contribution is -2.26. The van der Waals surface area contributed by atoms with Gasteiger partial charge in [-0.15, -0.1) is 0 Å². The number of halogens is 1. The highest BCUT2D eigenvalue weighted by molar-refractivity contribution is 6.01. The van der Waals surface area contributed by atoms with Crippen LogP contribution in [0, 0.1) is 12.7 Å². The molecule has 0 spiro atoms. The molecule has 3 rings (SSSR count). The van der Waals surface area contributed by atoms with Crippen molar-refractivity contribution in [2.24, 2.45) is 0 Å². The van der Waals surface area contributed by atoms with E-state index < -0.39 is 0 Å². The van der Waals surface area contributed by atoms with Crippen molar-refractivity contribution in [3.05, 3.63) is 34.8 Å². The molecule has 1 aromatic heterocycles. The monoisotopic (exact) mass is 316 g/mol. The van der Waals surface area contributed by atoms with Crippen molar-refractivity contribution in [1.29, 1.82) is 0 Å². The number of hydrogen-bond donors (Lipinski definition) is 2. The number of fused-ring (bicyclic) bond motifs is 1. The molecule has 1 aliphatic carbocycles. The van der Waals surface area contributed by atoms with Gasteiger partial charge in [0.05, 0.1) is 0 Å². The molecule has 1 saturated carbocycles. The van der Waals surface area contributed by atoms with Crippen molar-refractivity contribution in [1.82, 2.24) is 10.3 Å². The van der Waals surface area contributed by atoms with Gasteiger partial charge in [0.1, 0.15) is 17.3 Å². The number of H-pyrrole nitrogens is 1. The summed E-state index contributed by atoms with van der Waals surface area (Å²) < 4.78 is 13.8. The number of aromatic nitrogens is 1. The second-order valence-electron chi connectivity index (χ2n) is 6.43. The molecule has 1 aliphatic rings. The first-order chi connectivity index (χ1) is 11.0. The normalized spacial score (nSPS) is 14.2. The van der Waals surface area contributed by atoms with E-state index in [0.29, 0.717) is 36.0 Å². The van der Waals surface area contributed by atoms with Gasteiger partial charge < -0.3 is 15.1 Å². The predicted molar refractivity (Wildman–Crippen MR) is 87.1 cm³/mol. The molecule has 5 heteroatoms. The summed E-state index contributed by atoms with van der Waals surface area (Å²) in [4.78, 5) is 26.7. The minimum atomic E-state index is -0.289. The van der Waals surface area contributed by atoms with Gasteiger partial charge in [0.15, 0.2) is 0 Å². The molecule has 23 heavy (non-hydrogen) atoms. The number of hydrogen-bond acceptors (Lipinski definition) is 2. The van der Waals surface area contributed by atoms with Crippen LogP contribution < -0.4 is 5.32 Å². The molecule has 1 amide bonds. The Hall–Kier alpha value is -2.17. The number of ketones is 1. The summed E-state index contributed by atoms with van der Waals surface area (Å²) in [7, 11) is 0. The number of aromatic amines is 1. The Kier molecular flexibility index (Phi) is 4.20. The van der Waals surface area contributed by atoms with Crippen LogP contribution in [0.3, 0.4) is 0 Å². The Morgan fingerprint density at radius 2 is 2.09 bits per heavy atom. The third-order valence-corrected chi connectivity index (χ3v) is 4.28. The maximum Gasteiger partial charge on any atom is 0.268 e. The zero-order valence-corrected chi connectivity index (χ0v) is 13.5. The average molecular weight is 316 g/mol. The van der Waals surface area contributed by atoms with E-state index in [0.717, 1.165) is 23.8 Å². The molecule has 2 N–H and O–H groups in total. The Morgan fingerprint density at radius 1 is 1.35 bits per heavy atom. The van der Waals surface area contributed by atoms with Gasteiger partial charge in [-0.2, -0.15) is 0 Å². The molecular formula is C18H21FN2O2. The van der Waals surface area contributed by atoms with Crippen molar-refractivity contribution < 1.29 is 14.0 Å². The SMILES string of the molecule is CC(=O)CCCc1c(C(=O)NC2CC2)[nH]c2cc(F)c(C)cc12. The number of Topliss-reactive ketones (excluding diaryl/α,β-unsaturated/α-hetero) is 1. The molecule has 122 valence electrons. The zero-order valence-electron chi connectivity index (χ0n) is 13.5. The highest BCUT2D eigenvalue weighted by Gasteiger charge is 2.26. The Labute approximate surface area is 134 Å². The van der Waals surface area contributed by atoms with Gasteiger partial charge in [-0.05, 0) is 62.8 Å². The number of rotatable bonds is 6. The van der Waals surface area contributed by atoms with Crippen LogP contribution in [-0.2, 0) is 11.2 Å². The summed E-state index contributed by atoms with van der Waals surface area (Å²) in [6, 6.07) is 3.48. The molecule has 0 saturated heterocycles. The van der Waals surface area contributed by atoms with E-state index in [1.54, 1.807) is 19.9 Å². The van der Waals surface area contributed by atoms with Crippen LogP contribution in [0.4, 0.5) is 4.39 Å². The predicted octanol–water partition coefficient (Wildman–Crippen LogP) is 3.42. The van der Waals surface area contributed by atoms with E-state index in [1.165, 1.54) is 6.07 Å². The lowest BCUT2D eigenvalue weighted by Gasteiger charge is -2.06. The fourth-order valence-corrected chi connectivity index (χ4v) is 2.83. The van der Waals surface area contributed by atoms with Crippen molar-refractivity contribution in [2.45, 2.75) is 52.0 Å². The average Bonchev–Trinajstić information content (AvgIpc) is 3.22. The fourth-order valence-electron chi connectivity index (χ4n) is 2.83. The number of benzene rings is 1. The van der Waals surface area contributed by atoms with Gasteiger partial charge in [-0.1, -0.05) is 0 Å². The first kappa shape index (κ1) is 15.7. The van der Waals surface area contributed by atoms with Crippen LogP contribution in [0.5, 0.6) is 0 Å². The van der Waals surface area contributed by atoms with Crippen LogP contribution >= 0.6 is 0 Å². The third kappa shape index (κ3) is 3.44. The topological polar surface area (TPSA) is 62.0 Å². The maximum absolute atomic E-state index is 13.8. The largest absolute Gasteiger partial charge is 0.350 e. The van der Waals surface area contributed by atoms with E-state index >= 15 is 0 Å². The van der Waals surface area contributed by atoms with Gasteiger partial charge in [0.2, 0.25) is 0 Å². The summed E-state index contributed by atoms with van der Waals surface area (Å²) in [5.74, 6) is -0.293. The molecular weight excluding hydrogens is 295 g/mol. The van der Waals surface area contributed by atoms with E-state index in [9.17, 15) is 14.0 Å². The van der Waals surface area contributed by atoms with Crippen molar-refractivity contribution in [3.63, 3.8) is 0 Å². The number of carbonyl (C=O) groups excluding carboxylic acids is 2. The summed E-state index contributed by atoms with van der Waals surface area (Å²) in [6.07, 6.45) is 3.82. The van der Waals surface area contributed by atoms with Crippen molar-refractivity contribution in [2.75, 3.05) is 0 Å². The Bertz CT molecular complexity index is 775. The molecule has 1 heterocycles. The van der Waals surface area contributed by atoms with Gasteiger partial charge >= 0.3 is 0 Å². The van der Waals surface area contributed by atoms with Crippen LogP contribution in [0.15, 0.2) is 12.1 Å². The summed E-state index contributed by atoms with van der Waals surface area (Å²) >= 11 is 0. The van der Waals surface area contributed by atoms with Gasteiger partial charge in [-0.25, -0.2) is 4.39 Å². The Balaban J connectivity index is 1.97. The van der Waals surface area contributed by atoms with Gasteiger partial charge in [0, 0.05) is 23.4 Å². The number of carbonyl (C=O) groups is 2. The summed E-state index contributed by atoms with van der Waals surface area (Å²) in [5.41, 5.74) is 2.56. The third-order valence-electron chi connectivity index (χ3n) is 4.28. The standard InChI is InChI=1S/C18H21FN2O2/c1-10-8-14-13(5-3-4-11(2)22)17(18(23)20-12-6-7-12)21-16(14)9-15(10)19/h8-9,12,21H,3-7H2,1-2H3,(H,20,23). The Morgan fingerprint density at radius 3 is 2.74 bits per heavy atom. The van der Waals surface area contributed by atoms with E-state index in [1.807, 2.05) is 0 Å². The summed E-state index contributed by atoms with van der Waals surface area (Å²) in [5, 5.41) is 3.84. The number of nitrogens with one attached hydrogen (secondary N) is 2. The van der Waals surface area contributed by atoms with Crippen LogP contribution in [-0.4, -0.2) is 22.7 Å². The highest BCUT2D eigenvalue weighted by Crippen LogP contribution is 2.28.